The summed E-state index contributed by atoms with van der Waals surface area (Å²) in [5.74, 6) is -9.63. The highest BCUT2D eigenvalue weighted by Gasteiger charge is 2.49. The highest BCUT2D eigenvalue weighted by atomic mass is 16.8. The van der Waals surface area contributed by atoms with E-state index in [2.05, 4.69) is 0 Å². The normalized spacial score (nSPS) is 29.5. The lowest BCUT2D eigenvalue weighted by Crippen LogP contribution is -2.60. The van der Waals surface area contributed by atoms with E-state index in [9.17, 15) is 95.2 Å². The number of benzene rings is 2. The Labute approximate surface area is 447 Å². The summed E-state index contributed by atoms with van der Waals surface area (Å²) in [6.45, 7) is -1.70. The molecule has 29 nitrogen and oxygen atoms in total. The third kappa shape index (κ3) is 16.6. The molecule has 4 heterocycles. The Hall–Kier alpha value is -7.26. The second kappa shape index (κ2) is 29.1. The summed E-state index contributed by atoms with van der Waals surface area (Å²) in [6, 6.07) is 10.3. The molecule has 0 spiro atoms. The summed E-state index contributed by atoms with van der Waals surface area (Å²) in [7, 11) is 2.14. The van der Waals surface area contributed by atoms with Crippen LogP contribution in [-0.2, 0) is 89.0 Å². The number of esters is 4. The number of hydrogen-bond acceptors (Lipinski definition) is 27. The fourth-order valence-electron chi connectivity index (χ4n) is 8.20. The average molecular weight is 1130 g/mol. The van der Waals surface area contributed by atoms with Gasteiger partial charge in [-0.25, -0.2) is 19.2 Å². The van der Waals surface area contributed by atoms with Crippen LogP contribution in [0, 0.1) is 11.8 Å². The van der Waals surface area contributed by atoms with Crippen molar-refractivity contribution >= 4 is 35.8 Å². The van der Waals surface area contributed by atoms with Crippen molar-refractivity contribution < 1.29 is 143 Å². The van der Waals surface area contributed by atoms with Crippen LogP contribution in [0.15, 0.2) is 89.4 Å². The monoisotopic (exact) mass is 1120 g/mol. The number of carbonyl (C=O) groups excluding carboxylic acids is 4. The summed E-state index contributed by atoms with van der Waals surface area (Å²) in [5.41, 5.74) is 0.355. The fourth-order valence-corrected chi connectivity index (χ4v) is 8.20. The Balaban J connectivity index is 0.000000291. The molecule has 4 aliphatic heterocycles. The van der Waals surface area contributed by atoms with Crippen LogP contribution in [0.4, 0.5) is 0 Å². The topological polar surface area (TPSA) is 458 Å². The van der Waals surface area contributed by atoms with E-state index in [1.807, 2.05) is 0 Å². The van der Waals surface area contributed by atoms with Gasteiger partial charge in [-0.15, -0.1) is 0 Å². The van der Waals surface area contributed by atoms with Crippen LogP contribution >= 0.6 is 0 Å². The second-order valence-electron chi connectivity index (χ2n) is 17.6. The fraction of sp³-hybridized carbons (Fsp3) is 0.480. The first kappa shape index (κ1) is 62.6. The first-order valence-corrected chi connectivity index (χ1v) is 23.8. The van der Waals surface area contributed by atoms with Gasteiger partial charge >= 0.3 is 35.8 Å². The number of hydrogen-bond donors (Lipinski definition) is 13. The first-order chi connectivity index (χ1) is 37.5. The smallest absolute Gasteiger partial charge is 0.337 e. The Kier molecular flexibility index (Phi) is 23.0. The molecule has 2 fully saturated rings. The van der Waals surface area contributed by atoms with Gasteiger partial charge in [0.2, 0.25) is 12.6 Å². The van der Waals surface area contributed by atoms with Crippen molar-refractivity contribution in [2.75, 3.05) is 40.6 Å². The van der Waals surface area contributed by atoms with Crippen LogP contribution in [0.1, 0.15) is 24.0 Å². The number of methoxy groups -OCH3 is 2. The molecule has 29 heteroatoms. The minimum Gasteiger partial charge on any atom is -0.508 e. The second-order valence-corrected chi connectivity index (χ2v) is 17.6. The quantitative estimate of drug-likeness (QED) is 0.0275. The lowest BCUT2D eigenvalue weighted by molar-refractivity contribution is -0.327. The summed E-state index contributed by atoms with van der Waals surface area (Å²) in [4.78, 5) is 73.6. The van der Waals surface area contributed by atoms with E-state index in [1.54, 1.807) is 12.1 Å². The number of carbonyl (C=O) groups is 6. The van der Waals surface area contributed by atoms with Gasteiger partial charge in [0.05, 0.1) is 77.2 Å². The maximum absolute atomic E-state index is 12.7. The van der Waals surface area contributed by atoms with Crippen LogP contribution in [0.2, 0.25) is 0 Å². The van der Waals surface area contributed by atoms with E-state index in [0.29, 0.717) is 24.1 Å². The molecule has 2 saturated heterocycles. The number of aromatic hydroxyl groups is 3. The third-order valence-corrected chi connectivity index (χ3v) is 12.4. The molecular formula is C50H60O29. The summed E-state index contributed by atoms with van der Waals surface area (Å²) in [5, 5.41) is 127. The Morgan fingerprint density at radius 3 is 1.33 bits per heavy atom. The Morgan fingerprint density at radius 1 is 0.544 bits per heavy atom. The van der Waals surface area contributed by atoms with Crippen molar-refractivity contribution in [3.63, 3.8) is 0 Å². The van der Waals surface area contributed by atoms with Crippen molar-refractivity contribution in [3.05, 3.63) is 101 Å². The first-order valence-electron chi connectivity index (χ1n) is 23.8. The molecule has 2 aromatic rings. The van der Waals surface area contributed by atoms with Gasteiger partial charge in [0, 0.05) is 48.0 Å². The number of rotatable bonds is 20. The molecule has 0 saturated carbocycles. The van der Waals surface area contributed by atoms with Gasteiger partial charge in [0.25, 0.3) is 0 Å². The van der Waals surface area contributed by atoms with Crippen LogP contribution < -0.4 is 0 Å². The lowest BCUT2D eigenvalue weighted by atomic mass is 9.86. The number of phenols is 3. The zero-order chi connectivity index (χ0) is 58.2. The van der Waals surface area contributed by atoms with Crippen LogP contribution in [0.3, 0.4) is 0 Å². The van der Waals surface area contributed by atoms with E-state index < -0.39 is 148 Å². The van der Waals surface area contributed by atoms with Crippen molar-refractivity contribution in [3.8, 4) is 17.2 Å². The van der Waals surface area contributed by atoms with Crippen molar-refractivity contribution in [2.24, 2.45) is 11.8 Å². The number of ether oxygens (including phenoxy) is 10. The van der Waals surface area contributed by atoms with E-state index in [4.69, 9.17) is 47.4 Å². The molecule has 13 N–H and O–H groups in total. The molecule has 14 unspecified atom stereocenters. The van der Waals surface area contributed by atoms with Crippen LogP contribution in [-0.4, -0.2) is 217 Å². The van der Waals surface area contributed by atoms with Gasteiger partial charge in [-0.3, -0.25) is 9.59 Å². The summed E-state index contributed by atoms with van der Waals surface area (Å²) >= 11 is 0. The zero-order valence-electron chi connectivity index (χ0n) is 41.9. The van der Waals surface area contributed by atoms with Gasteiger partial charge in [-0.2, -0.15) is 0 Å². The number of aliphatic hydroxyl groups is 8. The Bertz CT molecular complexity index is 2570. The van der Waals surface area contributed by atoms with Gasteiger partial charge in [0.1, 0.15) is 54.6 Å². The predicted molar refractivity (Wildman–Crippen MR) is 255 cm³/mol. The van der Waals surface area contributed by atoms with Crippen LogP contribution in [0.5, 0.6) is 17.2 Å². The van der Waals surface area contributed by atoms with E-state index in [1.165, 1.54) is 30.3 Å². The molecular weight excluding hydrogens is 1060 g/mol. The molecule has 434 valence electrons. The average Bonchev–Trinajstić information content (AvgIpc) is 3.50. The SMILES string of the molecule is COC(=O)C1=COC(OC2OC(CO)C(O)C(O)C2O)/C(=C\C(=O)O)C1CC(=O)OCCc1ccc(O)c(O)c1.COC(=O)C1=COC(OC2OC(CO)C(O)C(O)C2O)/C(=C\C(=O)O)C1CC(=O)OCCc1ccc(O)cc1. The van der Waals surface area contributed by atoms with Gasteiger partial charge in [-0.1, -0.05) is 18.2 Å². The molecule has 0 amide bonds. The molecule has 6 rings (SSSR count). The molecule has 0 aromatic heterocycles. The maximum Gasteiger partial charge on any atom is 0.337 e. The summed E-state index contributed by atoms with van der Waals surface area (Å²) < 4.78 is 52.4. The molecule has 0 aliphatic carbocycles. The van der Waals surface area contributed by atoms with E-state index >= 15 is 0 Å². The van der Waals surface area contributed by atoms with Crippen LogP contribution in [0.25, 0.3) is 0 Å². The molecule has 2 aromatic carbocycles. The minimum absolute atomic E-state index is 0.0487. The predicted octanol–water partition coefficient (Wildman–Crippen LogP) is -2.84. The van der Waals surface area contributed by atoms with Crippen molar-refractivity contribution in [1.29, 1.82) is 0 Å². The molecule has 0 bridgehead atoms. The number of carboxylic acids is 2. The molecule has 79 heavy (non-hydrogen) atoms. The lowest BCUT2D eigenvalue weighted by Gasteiger charge is -2.41. The third-order valence-electron chi connectivity index (χ3n) is 12.4. The van der Waals surface area contributed by atoms with E-state index in [0.717, 1.165) is 32.3 Å². The van der Waals surface area contributed by atoms with Crippen molar-refractivity contribution in [2.45, 2.75) is 99.7 Å². The largest absolute Gasteiger partial charge is 0.508 e. The molecule has 0 radical (unpaired) electrons. The number of aliphatic hydroxyl groups excluding tert-OH is 8. The maximum atomic E-state index is 12.7. The van der Waals surface area contributed by atoms with Gasteiger partial charge in [0.15, 0.2) is 24.1 Å². The van der Waals surface area contributed by atoms with E-state index in [-0.39, 0.29) is 59.2 Å². The minimum atomic E-state index is -1.85. The highest BCUT2D eigenvalue weighted by Crippen LogP contribution is 2.38. The molecule has 14 atom stereocenters. The number of carboxylic acid groups (broad SMARTS) is 2. The highest BCUT2D eigenvalue weighted by molar-refractivity contribution is 5.92. The number of aliphatic carboxylic acids is 2. The van der Waals surface area contributed by atoms with Gasteiger partial charge < -0.3 is 114 Å². The summed E-state index contributed by atoms with van der Waals surface area (Å²) in [6.07, 6.45) is -17.5. The van der Waals surface area contributed by atoms with Crippen molar-refractivity contribution in [1.82, 2.24) is 0 Å². The standard InChI is InChI=1S/C25H30O15.C25H30O14/c1-36-23(35)14-10-38-24(40-25-22(34)21(33)20(32)17(9-26)39-25)13(7-18(29)30)12(14)8-19(31)37-5-4-11-2-3-15(27)16(28)6-11;1-35-23(34)16-11-37-24(39-25-22(33)21(32)20(31)17(10-26)38-25)15(8-18(28)29)14(16)9-19(30)36-7-6-12-2-4-13(27)5-3-12/h2-3,6-7,10,12,17,20-22,24-28,32-34H,4-5,8-9H2,1H3,(H,29,30);2-5,8,11,14,17,20-22,24-27,31-33H,6-7,9-10H2,1H3,(H,28,29)/b13-7-;15-8-. The zero-order valence-corrected chi connectivity index (χ0v) is 41.9. The number of phenolic OH excluding ortho intramolecular Hbond substituents is 3. The van der Waals surface area contributed by atoms with Gasteiger partial charge in [-0.05, 0) is 35.4 Å². The molecule has 4 aliphatic rings. The Morgan fingerprint density at radius 2 is 0.949 bits per heavy atom.